The van der Waals surface area contributed by atoms with Gasteiger partial charge in [0.2, 0.25) is 0 Å². The summed E-state index contributed by atoms with van der Waals surface area (Å²) < 4.78 is 0. The van der Waals surface area contributed by atoms with Crippen molar-refractivity contribution in [3.8, 4) is 0 Å². The molecular weight excluding hydrogens is 234 g/mol. The van der Waals surface area contributed by atoms with Crippen molar-refractivity contribution in [2.75, 3.05) is 13.2 Å². The number of rotatable bonds is 2. The molecule has 1 aromatic rings. The predicted octanol–water partition coefficient (Wildman–Crippen LogP) is 2.73. The van der Waals surface area contributed by atoms with E-state index in [9.17, 15) is 5.11 Å². The van der Waals surface area contributed by atoms with Crippen LogP contribution in [0.15, 0.2) is 24.3 Å². The summed E-state index contributed by atoms with van der Waals surface area (Å²) in [5.74, 6) is 0. The number of aliphatic hydroxyl groups is 1. The number of nitrogens with one attached hydrogen (secondary N) is 1. The molecule has 2 N–H and O–H groups in total. The van der Waals surface area contributed by atoms with Crippen molar-refractivity contribution in [1.29, 1.82) is 0 Å². The molecule has 0 bridgehead atoms. The second-order valence-electron chi connectivity index (χ2n) is 5.69. The first kappa shape index (κ1) is 12.9. The molecular formula is C14H20ClNO. The van der Waals surface area contributed by atoms with Crippen LogP contribution < -0.4 is 5.32 Å². The van der Waals surface area contributed by atoms with Gasteiger partial charge in [-0.05, 0) is 50.9 Å². The van der Waals surface area contributed by atoms with Gasteiger partial charge in [-0.25, -0.2) is 0 Å². The van der Waals surface area contributed by atoms with Gasteiger partial charge in [0, 0.05) is 16.0 Å². The standard InChI is InChI=1S/C14H20ClNO/c1-13(2)9-14(10-17,6-7-16-13)11-4-3-5-12(15)8-11/h3-5,8,16-17H,6-7,9-10H2,1-2H3. The Morgan fingerprint density at radius 1 is 1.41 bits per heavy atom. The molecule has 1 saturated heterocycles. The summed E-state index contributed by atoms with van der Waals surface area (Å²) >= 11 is 6.06. The molecule has 94 valence electrons. The number of hydrogen-bond acceptors (Lipinski definition) is 2. The van der Waals surface area contributed by atoms with Crippen molar-refractivity contribution in [3.63, 3.8) is 0 Å². The SMILES string of the molecule is CC1(C)CC(CO)(c2cccc(Cl)c2)CCN1. The molecule has 2 rings (SSSR count). The van der Waals surface area contributed by atoms with Crippen LogP contribution in [0.3, 0.4) is 0 Å². The maximum absolute atomic E-state index is 9.85. The number of piperidine rings is 1. The number of benzene rings is 1. The van der Waals surface area contributed by atoms with E-state index in [1.54, 1.807) is 0 Å². The van der Waals surface area contributed by atoms with E-state index >= 15 is 0 Å². The maximum Gasteiger partial charge on any atom is 0.0529 e. The average Bonchev–Trinajstić information content (AvgIpc) is 2.27. The molecule has 3 heteroatoms. The van der Waals surface area contributed by atoms with Gasteiger partial charge in [-0.2, -0.15) is 0 Å². The lowest BCUT2D eigenvalue weighted by Gasteiger charge is -2.45. The smallest absolute Gasteiger partial charge is 0.0529 e. The zero-order valence-electron chi connectivity index (χ0n) is 10.5. The van der Waals surface area contributed by atoms with Gasteiger partial charge in [-0.1, -0.05) is 23.7 Å². The highest BCUT2D eigenvalue weighted by molar-refractivity contribution is 6.30. The first-order valence-electron chi connectivity index (χ1n) is 6.09. The van der Waals surface area contributed by atoms with Crippen LogP contribution >= 0.6 is 11.6 Å². The summed E-state index contributed by atoms with van der Waals surface area (Å²) in [6.45, 7) is 5.47. The van der Waals surface area contributed by atoms with Crippen LogP contribution in [0, 0.1) is 0 Å². The Balaban J connectivity index is 2.37. The minimum Gasteiger partial charge on any atom is -0.395 e. The van der Waals surface area contributed by atoms with E-state index in [0.717, 1.165) is 30.0 Å². The third-order valence-electron chi connectivity index (χ3n) is 3.73. The average molecular weight is 254 g/mol. The van der Waals surface area contributed by atoms with E-state index in [0.29, 0.717) is 0 Å². The van der Waals surface area contributed by atoms with Crippen LogP contribution in [0.5, 0.6) is 0 Å². The van der Waals surface area contributed by atoms with Crippen LogP contribution in [0.2, 0.25) is 5.02 Å². The van der Waals surface area contributed by atoms with Gasteiger partial charge < -0.3 is 10.4 Å². The van der Waals surface area contributed by atoms with E-state index in [1.165, 1.54) is 0 Å². The first-order chi connectivity index (χ1) is 7.97. The second kappa shape index (κ2) is 4.60. The molecule has 0 radical (unpaired) electrons. The molecule has 1 aliphatic heterocycles. The normalized spacial score (nSPS) is 28.0. The molecule has 1 unspecified atom stereocenters. The van der Waals surface area contributed by atoms with E-state index in [1.807, 2.05) is 18.2 Å². The fraction of sp³-hybridized carbons (Fsp3) is 0.571. The third-order valence-corrected chi connectivity index (χ3v) is 3.96. The van der Waals surface area contributed by atoms with Gasteiger partial charge in [-0.15, -0.1) is 0 Å². The van der Waals surface area contributed by atoms with Crippen molar-refractivity contribution >= 4 is 11.6 Å². The van der Waals surface area contributed by atoms with Crippen LogP contribution in [0.4, 0.5) is 0 Å². The summed E-state index contributed by atoms with van der Waals surface area (Å²) in [4.78, 5) is 0. The minimum atomic E-state index is -0.153. The quantitative estimate of drug-likeness (QED) is 0.850. The van der Waals surface area contributed by atoms with E-state index < -0.39 is 0 Å². The molecule has 1 heterocycles. The first-order valence-corrected chi connectivity index (χ1v) is 6.47. The monoisotopic (exact) mass is 253 g/mol. The summed E-state index contributed by atoms with van der Waals surface area (Å²) in [7, 11) is 0. The van der Waals surface area contributed by atoms with E-state index in [2.05, 4.69) is 25.2 Å². The molecule has 1 fully saturated rings. The fourth-order valence-corrected chi connectivity index (χ4v) is 3.12. The Bertz CT molecular complexity index is 405. The fourth-order valence-electron chi connectivity index (χ4n) is 2.93. The van der Waals surface area contributed by atoms with Crippen LogP contribution in [-0.2, 0) is 5.41 Å². The van der Waals surface area contributed by atoms with Gasteiger partial charge >= 0.3 is 0 Å². The summed E-state index contributed by atoms with van der Waals surface area (Å²) in [6, 6.07) is 7.90. The van der Waals surface area contributed by atoms with Gasteiger partial charge in [0.1, 0.15) is 0 Å². The Hall–Kier alpha value is -0.570. The molecule has 17 heavy (non-hydrogen) atoms. The van der Waals surface area contributed by atoms with Gasteiger partial charge in [0.25, 0.3) is 0 Å². The number of hydrogen-bond donors (Lipinski definition) is 2. The Morgan fingerprint density at radius 3 is 2.76 bits per heavy atom. The summed E-state index contributed by atoms with van der Waals surface area (Å²) in [6.07, 6.45) is 1.88. The summed E-state index contributed by atoms with van der Waals surface area (Å²) in [5, 5.41) is 14.1. The molecule has 0 spiro atoms. The number of aliphatic hydroxyl groups excluding tert-OH is 1. The second-order valence-corrected chi connectivity index (χ2v) is 6.12. The molecule has 1 aromatic carbocycles. The highest BCUT2D eigenvalue weighted by Gasteiger charge is 2.40. The predicted molar refractivity (Wildman–Crippen MR) is 71.5 cm³/mol. The molecule has 0 amide bonds. The van der Waals surface area contributed by atoms with Gasteiger partial charge in [0.15, 0.2) is 0 Å². The molecule has 1 aliphatic rings. The van der Waals surface area contributed by atoms with Crippen LogP contribution in [-0.4, -0.2) is 23.8 Å². The topological polar surface area (TPSA) is 32.3 Å². The molecule has 2 nitrogen and oxygen atoms in total. The Morgan fingerprint density at radius 2 is 2.18 bits per heavy atom. The Kier molecular flexibility index (Phi) is 3.48. The van der Waals surface area contributed by atoms with Crippen molar-refractivity contribution in [2.24, 2.45) is 0 Å². The lowest BCUT2D eigenvalue weighted by molar-refractivity contribution is 0.112. The summed E-state index contributed by atoms with van der Waals surface area (Å²) in [5.41, 5.74) is 1.06. The zero-order chi connectivity index (χ0) is 12.5. The lowest BCUT2D eigenvalue weighted by Crippen LogP contribution is -2.53. The minimum absolute atomic E-state index is 0.0588. The number of halogens is 1. The zero-order valence-corrected chi connectivity index (χ0v) is 11.2. The van der Waals surface area contributed by atoms with Gasteiger partial charge in [-0.3, -0.25) is 0 Å². The van der Waals surface area contributed by atoms with Gasteiger partial charge in [0.05, 0.1) is 6.61 Å². The van der Waals surface area contributed by atoms with E-state index in [-0.39, 0.29) is 17.6 Å². The van der Waals surface area contributed by atoms with Crippen molar-refractivity contribution in [2.45, 2.75) is 37.6 Å². The molecule has 0 aromatic heterocycles. The maximum atomic E-state index is 9.85. The van der Waals surface area contributed by atoms with Crippen molar-refractivity contribution < 1.29 is 5.11 Å². The molecule has 0 aliphatic carbocycles. The highest BCUT2D eigenvalue weighted by atomic mass is 35.5. The third kappa shape index (κ3) is 2.65. The van der Waals surface area contributed by atoms with E-state index in [4.69, 9.17) is 11.6 Å². The van der Waals surface area contributed by atoms with Crippen LogP contribution in [0.1, 0.15) is 32.3 Å². The van der Waals surface area contributed by atoms with Crippen molar-refractivity contribution in [3.05, 3.63) is 34.9 Å². The molecule has 0 saturated carbocycles. The van der Waals surface area contributed by atoms with Crippen molar-refractivity contribution in [1.82, 2.24) is 5.32 Å². The molecule has 1 atom stereocenters. The lowest BCUT2D eigenvalue weighted by atomic mass is 9.68. The highest BCUT2D eigenvalue weighted by Crippen LogP contribution is 2.39. The largest absolute Gasteiger partial charge is 0.395 e. The Labute approximate surface area is 108 Å². The van der Waals surface area contributed by atoms with Crippen LogP contribution in [0.25, 0.3) is 0 Å².